The van der Waals surface area contributed by atoms with Gasteiger partial charge in [0.25, 0.3) is 0 Å². The molecule has 0 saturated heterocycles. The van der Waals surface area contributed by atoms with Gasteiger partial charge in [-0.1, -0.05) is 5.16 Å². The van der Waals surface area contributed by atoms with E-state index in [0.717, 1.165) is 34.0 Å². The van der Waals surface area contributed by atoms with Crippen LogP contribution in [0.1, 0.15) is 22.8 Å². The summed E-state index contributed by atoms with van der Waals surface area (Å²) in [6, 6.07) is 3.95. The number of rotatable bonds is 4. The zero-order valence-electron chi connectivity index (χ0n) is 11.4. The molecule has 5 nitrogen and oxygen atoms in total. The van der Waals surface area contributed by atoms with Gasteiger partial charge in [0.1, 0.15) is 22.8 Å². The largest absolute Gasteiger partial charge is 0.361 e. The molecular weight excluding hydrogens is 276 g/mol. The van der Waals surface area contributed by atoms with Gasteiger partial charge in [-0.3, -0.25) is 0 Å². The normalized spacial score (nSPS) is 11.3. The highest BCUT2D eigenvalue weighted by atomic mass is 35.5. The van der Waals surface area contributed by atoms with E-state index >= 15 is 0 Å². The van der Waals surface area contributed by atoms with E-state index in [1.807, 2.05) is 32.2 Å². The molecule has 104 valence electrons. The van der Waals surface area contributed by atoms with Crippen LogP contribution in [0.4, 0.5) is 0 Å². The summed E-state index contributed by atoms with van der Waals surface area (Å²) in [5, 5.41) is 4.03. The molecule has 0 amide bonds. The number of halogens is 1. The van der Waals surface area contributed by atoms with Crippen molar-refractivity contribution in [3.8, 4) is 0 Å². The summed E-state index contributed by atoms with van der Waals surface area (Å²) in [4.78, 5) is 9.11. The Kier molecular flexibility index (Phi) is 3.44. The van der Waals surface area contributed by atoms with Crippen LogP contribution in [0.25, 0.3) is 11.2 Å². The zero-order valence-corrected chi connectivity index (χ0v) is 12.2. The van der Waals surface area contributed by atoms with Gasteiger partial charge in [0.2, 0.25) is 0 Å². The Balaban J connectivity index is 2.08. The zero-order chi connectivity index (χ0) is 14.1. The number of hydrogen-bond acceptors (Lipinski definition) is 4. The monoisotopic (exact) mass is 290 g/mol. The lowest BCUT2D eigenvalue weighted by Gasteiger charge is -2.05. The summed E-state index contributed by atoms with van der Waals surface area (Å²) in [6.45, 7) is 4.48. The Bertz CT molecular complexity index is 747. The number of pyridine rings is 1. The average molecular weight is 291 g/mol. The fourth-order valence-electron chi connectivity index (χ4n) is 2.25. The fraction of sp³-hybridized carbons (Fsp3) is 0.357. The molecule has 0 bridgehead atoms. The van der Waals surface area contributed by atoms with Crippen molar-refractivity contribution < 1.29 is 4.52 Å². The van der Waals surface area contributed by atoms with Crippen LogP contribution in [0.5, 0.6) is 0 Å². The van der Waals surface area contributed by atoms with Crippen molar-refractivity contribution in [2.75, 3.05) is 5.88 Å². The van der Waals surface area contributed by atoms with Gasteiger partial charge in [-0.05, 0) is 25.5 Å². The van der Waals surface area contributed by atoms with Gasteiger partial charge in [0.15, 0.2) is 5.65 Å². The molecule has 0 aliphatic rings. The van der Waals surface area contributed by atoms with Crippen molar-refractivity contribution in [1.82, 2.24) is 19.7 Å². The molecule has 20 heavy (non-hydrogen) atoms. The lowest BCUT2D eigenvalue weighted by Crippen LogP contribution is -2.07. The minimum atomic E-state index is 0.528. The number of imidazole rings is 1. The average Bonchev–Trinajstić information content (AvgIpc) is 2.95. The maximum Gasteiger partial charge on any atom is 0.160 e. The van der Waals surface area contributed by atoms with E-state index < -0.39 is 0 Å². The lowest BCUT2D eigenvalue weighted by atomic mass is 10.3. The van der Waals surface area contributed by atoms with Crippen LogP contribution >= 0.6 is 11.6 Å². The van der Waals surface area contributed by atoms with E-state index in [0.29, 0.717) is 18.8 Å². The molecule has 0 radical (unpaired) electrons. The van der Waals surface area contributed by atoms with Gasteiger partial charge >= 0.3 is 0 Å². The number of aryl methyl sites for hydroxylation is 3. The van der Waals surface area contributed by atoms with E-state index in [2.05, 4.69) is 19.7 Å². The van der Waals surface area contributed by atoms with Crippen LogP contribution in [0, 0.1) is 13.8 Å². The van der Waals surface area contributed by atoms with Crippen LogP contribution in [0.2, 0.25) is 0 Å². The topological polar surface area (TPSA) is 56.7 Å². The van der Waals surface area contributed by atoms with Gasteiger partial charge in [-0.25, -0.2) is 9.97 Å². The van der Waals surface area contributed by atoms with Crippen molar-refractivity contribution in [3.63, 3.8) is 0 Å². The minimum absolute atomic E-state index is 0.528. The molecular formula is C14H15ClN4O. The van der Waals surface area contributed by atoms with Crippen molar-refractivity contribution in [2.24, 2.45) is 0 Å². The Morgan fingerprint density at radius 1 is 1.30 bits per heavy atom. The van der Waals surface area contributed by atoms with Crippen molar-refractivity contribution in [3.05, 3.63) is 41.2 Å². The van der Waals surface area contributed by atoms with Gasteiger partial charge in [-0.15, -0.1) is 11.6 Å². The molecule has 3 heterocycles. The summed E-state index contributed by atoms with van der Waals surface area (Å²) in [5.41, 5.74) is 3.71. The maximum absolute atomic E-state index is 5.87. The van der Waals surface area contributed by atoms with Gasteiger partial charge in [0.05, 0.1) is 6.54 Å². The van der Waals surface area contributed by atoms with Crippen LogP contribution in [0.3, 0.4) is 0 Å². The molecule has 0 N–H and O–H groups in total. The summed E-state index contributed by atoms with van der Waals surface area (Å²) in [5.74, 6) is 2.25. The molecule has 0 unspecified atom stereocenters. The standard InChI is InChI=1S/C14H15ClN4O/c1-9-5-12-14(16-7-9)19(13(17-12)3-4-15)8-11-6-10(2)20-18-11/h5-7H,3-4,8H2,1-2H3. The van der Waals surface area contributed by atoms with Gasteiger partial charge < -0.3 is 9.09 Å². The second-order valence-corrected chi connectivity index (χ2v) is 5.22. The minimum Gasteiger partial charge on any atom is -0.361 e. The van der Waals surface area contributed by atoms with E-state index in [4.69, 9.17) is 16.1 Å². The van der Waals surface area contributed by atoms with Crippen LogP contribution in [-0.4, -0.2) is 25.6 Å². The highest BCUT2D eigenvalue weighted by molar-refractivity contribution is 6.17. The van der Waals surface area contributed by atoms with Crippen LogP contribution in [-0.2, 0) is 13.0 Å². The first-order valence-electron chi connectivity index (χ1n) is 6.47. The smallest absolute Gasteiger partial charge is 0.160 e. The van der Waals surface area contributed by atoms with Gasteiger partial charge in [0, 0.05) is 24.6 Å². The lowest BCUT2D eigenvalue weighted by molar-refractivity contribution is 0.389. The maximum atomic E-state index is 5.87. The van der Waals surface area contributed by atoms with E-state index in [1.54, 1.807) is 0 Å². The first-order valence-corrected chi connectivity index (χ1v) is 7.01. The predicted molar refractivity (Wildman–Crippen MR) is 77.0 cm³/mol. The quantitative estimate of drug-likeness (QED) is 0.693. The second kappa shape index (κ2) is 5.25. The predicted octanol–water partition coefficient (Wildman–Crippen LogP) is 2.87. The van der Waals surface area contributed by atoms with Gasteiger partial charge in [-0.2, -0.15) is 0 Å². The van der Waals surface area contributed by atoms with Crippen LogP contribution < -0.4 is 0 Å². The molecule has 0 aromatic carbocycles. The summed E-state index contributed by atoms with van der Waals surface area (Å²) >= 11 is 5.87. The Labute approximate surface area is 121 Å². The summed E-state index contributed by atoms with van der Waals surface area (Å²) in [7, 11) is 0. The first-order chi connectivity index (χ1) is 9.67. The Morgan fingerprint density at radius 2 is 2.15 bits per heavy atom. The number of aromatic nitrogens is 4. The van der Waals surface area contributed by atoms with E-state index in [9.17, 15) is 0 Å². The molecule has 0 spiro atoms. The van der Waals surface area contributed by atoms with E-state index in [1.165, 1.54) is 0 Å². The third kappa shape index (κ3) is 2.41. The molecule has 6 heteroatoms. The molecule has 3 aromatic heterocycles. The first kappa shape index (κ1) is 13.1. The molecule has 3 rings (SSSR count). The van der Waals surface area contributed by atoms with Crippen molar-refractivity contribution in [2.45, 2.75) is 26.8 Å². The highest BCUT2D eigenvalue weighted by Gasteiger charge is 2.13. The number of hydrogen-bond donors (Lipinski definition) is 0. The Hall–Kier alpha value is -1.88. The molecule has 0 saturated carbocycles. The number of alkyl halides is 1. The fourth-order valence-corrected chi connectivity index (χ4v) is 2.42. The number of nitrogens with zero attached hydrogens (tertiary/aromatic N) is 4. The van der Waals surface area contributed by atoms with Crippen LogP contribution in [0.15, 0.2) is 22.9 Å². The van der Waals surface area contributed by atoms with E-state index in [-0.39, 0.29) is 0 Å². The van der Waals surface area contributed by atoms with Crippen molar-refractivity contribution in [1.29, 1.82) is 0 Å². The molecule has 0 aliphatic heterocycles. The summed E-state index contributed by atoms with van der Waals surface area (Å²) in [6.07, 6.45) is 2.55. The third-order valence-corrected chi connectivity index (χ3v) is 3.30. The molecule has 3 aromatic rings. The van der Waals surface area contributed by atoms with Crippen molar-refractivity contribution >= 4 is 22.8 Å². The number of fused-ring (bicyclic) bond motifs is 1. The second-order valence-electron chi connectivity index (χ2n) is 4.84. The third-order valence-electron chi connectivity index (χ3n) is 3.12. The highest BCUT2D eigenvalue weighted by Crippen LogP contribution is 2.18. The summed E-state index contributed by atoms with van der Waals surface area (Å²) < 4.78 is 7.16. The molecule has 0 fully saturated rings. The Morgan fingerprint density at radius 3 is 2.85 bits per heavy atom. The molecule has 0 atom stereocenters. The SMILES string of the molecule is Cc1cnc2c(c1)nc(CCCl)n2Cc1cc(C)on1. The molecule has 0 aliphatic carbocycles.